The van der Waals surface area contributed by atoms with Crippen LogP contribution in [-0.4, -0.2) is 44.9 Å². The van der Waals surface area contributed by atoms with Crippen LogP contribution in [0.5, 0.6) is 5.75 Å². The standard InChI is InChI=1S/C24H28F2N6OS/c1-14-11-20(34-30-14)31-12-16-4-5-17(13-31)21(16)27-24-28-22-19(3-2-10-32(22)29-24)15-6-8-18(9-7-15)33-23(25)26/h6-9,11,16-17,19,21,23H,2-5,10,12-13H2,1H3,(H,27,29). The average molecular weight is 487 g/mol. The van der Waals surface area contributed by atoms with E-state index >= 15 is 0 Å². The Morgan fingerprint density at radius 2 is 1.88 bits per heavy atom. The van der Waals surface area contributed by atoms with Crippen molar-refractivity contribution in [3.05, 3.63) is 47.4 Å². The Balaban J connectivity index is 1.17. The zero-order chi connectivity index (χ0) is 23.2. The Kier molecular flexibility index (Phi) is 5.63. The second-order valence-corrected chi connectivity index (χ2v) is 10.4. The molecule has 180 valence electrons. The van der Waals surface area contributed by atoms with Gasteiger partial charge in [-0.15, -0.1) is 5.10 Å². The first-order valence-electron chi connectivity index (χ1n) is 12.0. The number of nitrogens with one attached hydrogen (secondary N) is 1. The van der Waals surface area contributed by atoms with Crippen molar-refractivity contribution in [3.63, 3.8) is 0 Å². The number of aromatic nitrogens is 4. The van der Waals surface area contributed by atoms with E-state index in [1.165, 1.54) is 17.8 Å². The smallest absolute Gasteiger partial charge is 0.387 e. The van der Waals surface area contributed by atoms with Crippen LogP contribution in [0.1, 0.15) is 48.7 Å². The van der Waals surface area contributed by atoms with Gasteiger partial charge in [0.2, 0.25) is 5.95 Å². The molecular weight excluding hydrogens is 458 g/mol. The molecule has 1 saturated heterocycles. The second-order valence-electron chi connectivity index (χ2n) is 9.64. The maximum atomic E-state index is 12.5. The van der Waals surface area contributed by atoms with E-state index in [1.54, 1.807) is 23.7 Å². The minimum absolute atomic E-state index is 0.102. The van der Waals surface area contributed by atoms with E-state index in [1.807, 2.05) is 23.7 Å². The Bertz CT molecular complexity index is 1130. The molecule has 3 atom stereocenters. The predicted octanol–water partition coefficient (Wildman–Crippen LogP) is 4.90. The highest BCUT2D eigenvalue weighted by molar-refractivity contribution is 7.10. The molecule has 6 rings (SSSR count). The van der Waals surface area contributed by atoms with Gasteiger partial charge in [-0.3, -0.25) is 0 Å². The molecule has 3 aliphatic rings. The highest BCUT2D eigenvalue weighted by Crippen LogP contribution is 2.41. The van der Waals surface area contributed by atoms with E-state index in [9.17, 15) is 8.78 Å². The predicted molar refractivity (Wildman–Crippen MR) is 127 cm³/mol. The topological polar surface area (TPSA) is 68.1 Å². The molecule has 1 N–H and O–H groups in total. The maximum Gasteiger partial charge on any atom is 0.387 e. The molecule has 2 aromatic heterocycles. The molecule has 2 bridgehead atoms. The summed E-state index contributed by atoms with van der Waals surface area (Å²) >= 11 is 1.60. The molecule has 4 heterocycles. The number of alkyl halides is 2. The summed E-state index contributed by atoms with van der Waals surface area (Å²) in [6.45, 7) is 2.17. The van der Waals surface area contributed by atoms with Crippen molar-refractivity contribution >= 4 is 22.5 Å². The average Bonchev–Trinajstić information content (AvgIpc) is 3.49. The van der Waals surface area contributed by atoms with Gasteiger partial charge in [0.05, 0.1) is 5.69 Å². The lowest BCUT2D eigenvalue weighted by Gasteiger charge is -2.38. The first-order valence-corrected chi connectivity index (χ1v) is 12.7. The van der Waals surface area contributed by atoms with Crippen molar-refractivity contribution in [1.29, 1.82) is 0 Å². The van der Waals surface area contributed by atoms with E-state index < -0.39 is 6.61 Å². The lowest BCUT2D eigenvalue weighted by Crippen LogP contribution is -2.48. The molecule has 1 aliphatic carbocycles. The molecule has 3 aromatic rings. The summed E-state index contributed by atoms with van der Waals surface area (Å²) in [5, 5.41) is 9.77. The van der Waals surface area contributed by atoms with Crippen LogP contribution in [0.25, 0.3) is 0 Å². The minimum Gasteiger partial charge on any atom is -0.435 e. The summed E-state index contributed by atoms with van der Waals surface area (Å²) in [7, 11) is 0. The first-order chi connectivity index (χ1) is 16.5. The number of piperidine rings is 1. The van der Waals surface area contributed by atoms with Crippen molar-refractivity contribution in [2.24, 2.45) is 11.8 Å². The largest absolute Gasteiger partial charge is 0.435 e. The summed E-state index contributed by atoms with van der Waals surface area (Å²) in [5.41, 5.74) is 2.14. The fourth-order valence-corrected chi connectivity index (χ4v) is 6.67. The van der Waals surface area contributed by atoms with Crippen molar-refractivity contribution in [2.45, 2.75) is 57.7 Å². The fourth-order valence-electron chi connectivity index (χ4n) is 5.90. The van der Waals surface area contributed by atoms with Crippen LogP contribution in [0.15, 0.2) is 30.3 Å². The van der Waals surface area contributed by atoms with Crippen molar-refractivity contribution < 1.29 is 13.5 Å². The highest BCUT2D eigenvalue weighted by atomic mass is 32.1. The summed E-state index contributed by atoms with van der Waals surface area (Å²) < 4.78 is 35.9. The number of ether oxygens (including phenoxy) is 1. The number of aryl methyl sites for hydroxylation is 2. The van der Waals surface area contributed by atoms with Gasteiger partial charge in [0.1, 0.15) is 16.6 Å². The monoisotopic (exact) mass is 486 g/mol. The summed E-state index contributed by atoms with van der Waals surface area (Å²) in [4.78, 5) is 7.41. The van der Waals surface area contributed by atoms with E-state index in [-0.39, 0.29) is 11.7 Å². The Morgan fingerprint density at radius 1 is 1.12 bits per heavy atom. The normalized spacial score (nSPS) is 26.1. The minimum atomic E-state index is -2.81. The summed E-state index contributed by atoms with van der Waals surface area (Å²) in [6, 6.07) is 9.50. The SMILES string of the molecule is Cc1cc(N2CC3CCC(C2)C3Nc2nc3n(n2)CCCC3c2ccc(OC(F)F)cc2)sn1. The fraction of sp³-hybridized carbons (Fsp3) is 0.542. The van der Waals surface area contributed by atoms with Crippen LogP contribution in [-0.2, 0) is 6.54 Å². The number of benzene rings is 1. The third kappa shape index (κ3) is 4.12. The molecule has 2 fully saturated rings. The highest BCUT2D eigenvalue weighted by Gasteiger charge is 2.43. The van der Waals surface area contributed by atoms with Crippen molar-refractivity contribution in [2.75, 3.05) is 23.3 Å². The zero-order valence-electron chi connectivity index (χ0n) is 19.0. The van der Waals surface area contributed by atoms with Crippen LogP contribution in [0.4, 0.5) is 19.7 Å². The van der Waals surface area contributed by atoms with Gasteiger partial charge in [-0.25, -0.2) is 4.68 Å². The van der Waals surface area contributed by atoms with E-state index in [2.05, 4.69) is 25.4 Å². The van der Waals surface area contributed by atoms with Gasteiger partial charge in [0, 0.05) is 31.6 Å². The first kappa shape index (κ1) is 21.8. The third-order valence-corrected chi connectivity index (χ3v) is 8.38. The summed E-state index contributed by atoms with van der Waals surface area (Å²) in [5.74, 6) is 3.07. The van der Waals surface area contributed by atoms with Gasteiger partial charge in [-0.1, -0.05) is 12.1 Å². The molecule has 1 aromatic carbocycles. The second kappa shape index (κ2) is 8.79. The number of halogens is 2. The number of nitrogens with zero attached hydrogens (tertiary/aromatic N) is 5. The van der Waals surface area contributed by atoms with Crippen LogP contribution in [0.2, 0.25) is 0 Å². The van der Waals surface area contributed by atoms with Gasteiger partial charge in [-0.05, 0) is 79.7 Å². The number of anilines is 2. The van der Waals surface area contributed by atoms with E-state index in [0.29, 0.717) is 23.8 Å². The number of rotatable bonds is 6. The quantitative estimate of drug-likeness (QED) is 0.535. The van der Waals surface area contributed by atoms with Crippen molar-refractivity contribution in [3.8, 4) is 5.75 Å². The van der Waals surface area contributed by atoms with E-state index in [4.69, 9.17) is 10.1 Å². The molecule has 2 aliphatic heterocycles. The zero-order valence-corrected chi connectivity index (χ0v) is 19.8. The Labute approximate surface area is 201 Å². The number of fused-ring (bicyclic) bond motifs is 3. The van der Waals surface area contributed by atoms with Gasteiger partial charge in [0.15, 0.2) is 0 Å². The molecule has 34 heavy (non-hydrogen) atoms. The van der Waals surface area contributed by atoms with Crippen LogP contribution in [0.3, 0.4) is 0 Å². The Morgan fingerprint density at radius 3 is 2.56 bits per heavy atom. The van der Waals surface area contributed by atoms with Crippen LogP contribution < -0.4 is 15.0 Å². The van der Waals surface area contributed by atoms with Gasteiger partial charge < -0.3 is 15.0 Å². The molecule has 0 amide bonds. The van der Waals surface area contributed by atoms with Crippen molar-refractivity contribution in [1.82, 2.24) is 19.1 Å². The number of hydrogen-bond donors (Lipinski definition) is 1. The molecule has 7 nitrogen and oxygen atoms in total. The molecule has 0 radical (unpaired) electrons. The van der Waals surface area contributed by atoms with Gasteiger partial charge >= 0.3 is 6.61 Å². The molecular formula is C24H28F2N6OS. The van der Waals surface area contributed by atoms with Crippen LogP contribution >= 0.6 is 11.5 Å². The molecule has 0 spiro atoms. The maximum absolute atomic E-state index is 12.5. The lowest BCUT2D eigenvalue weighted by atomic mass is 9.91. The van der Waals surface area contributed by atoms with Gasteiger partial charge in [-0.2, -0.15) is 18.1 Å². The summed E-state index contributed by atoms with van der Waals surface area (Å²) in [6.07, 6.45) is 4.42. The number of hydrogen-bond acceptors (Lipinski definition) is 7. The lowest BCUT2D eigenvalue weighted by molar-refractivity contribution is -0.0498. The molecule has 3 unspecified atom stereocenters. The third-order valence-electron chi connectivity index (χ3n) is 7.44. The molecule has 1 saturated carbocycles. The van der Waals surface area contributed by atoms with E-state index in [0.717, 1.165) is 49.6 Å². The molecule has 10 heteroatoms. The Hall–Kier alpha value is -2.75. The van der Waals surface area contributed by atoms with Gasteiger partial charge in [0.25, 0.3) is 0 Å². The van der Waals surface area contributed by atoms with Crippen LogP contribution in [0, 0.1) is 18.8 Å².